The Balaban J connectivity index is 2.65. The van der Waals surface area contributed by atoms with Gasteiger partial charge in [-0.3, -0.25) is 0 Å². The molecule has 0 spiro atoms. The molecule has 0 aliphatic heterocycles. The van der Waals surface area contributed by atoms with Crippen molar-refractivity contribution in [3.8, 4) is 0 Å². The van der Waals surface area contributed by atoms with Crippen LogP contribution < -0.4 is 0 Å². The summed E-state index contributed by atoms with van der Waals surface area (Å²) in [7, 11) is 2.77. The van der Waals surface area contributed by atoms with Gasteiger partial charge in [0, 0.05) is 7.05 Å². The standard InChI is InChI=1S/C10H13N3O2/c1-8-4-6-9(7-5-8)11-12-13(2)10(14)15-3/h4-7H,1-3H3/b12-11+. The Morgan fingerprint density at radius 1 is 1.33 bits per heavy atom. The molecule has 1 aromatic rings. The first-order chi connectivity index (χ1) is 7.13. The molecule has 0 saturated heterocycles. The van der Waals surface area contributed by atoms with Crippen molar-refractivity contribution in [2.75, 3.05) is 14.2 Å². The van der Waals surface area contributed by atoms with Crippen LogP contribution in [0, 0.1) is 6.92 Å². The van der Waals surface area contributed by atoms with Crippen molar-refractivity contribution in [2.45, 2.75) is 6.92 Å². The van der Waals surface area contributed by atoms with Crippen molar-refractivity contribution in [2.24, 2.45) is 10.3 Å². The molecule has 15 heavy (non-hydrogen) atoms. The number of amides is 1. The highest BCUT2D eigenvalue weighted by Gasteiger charge is 2.04. The molecule has 80 valence electrons. The van der Waals surface area contributed by atoms with Crippen LogP contribution >= 0.6 is 0 Å². The predicted octanol–water partition coefficient (Wildman–Crippen LogP) is 2.69. The van der Waals surface area contributed by atoms with Crippen molar-refractivity contribution < 1.29 is 9.53 Å². The zero-order valence-corrected chi connectivity index (χ0v) is 8.97. The summed E-state index contributed by atoms with van der Waals surface area (Å²) in [5.74, 6) is 0. The molecule has 1 amide bonds. The number of hydrogen-bond acceptors (Lipinski definition) is 4. The Labute approximate surface area is 88.3 Å². The van der Waals surface area contributed by atoms with E-state index < -0.39 is 6.09 Å². The highest BCUT2D eigenvalue weighted by molar-refractivity contribution is 5.66. The van der Waals surface area contributed by atoms with Crippen LogP contribution in [0.25, 0.3) is 0 Å². The second-order valence-electron chi connectivity index (χ2n) is 3.02. The Bertz CT molecular complexity index is 359. The fourth-order valence-corrected chi connectivity index (χ4v) is 0.899. The number of carbonyl (C=O) groups excluding carboxylic acids is 1. The van der Waals surface area contributed by atoms with Crippen LogP contribution in [0.4, 0.5) is 10.5 Å². The van der Waals surface area contributed by atoms with Gasteiger partial charge in [-0.1, -0.05) is 22.9 Å². The van der Waals surface area contributed by atoms with Gasteiger partial charge in [-0.2, -0.15) is 5.01 Å². The Morgan fingerprint density at radius 3 is 2.47 bits per heavy atom. The summed E-state index contributed by atoms with van der Waals surface area (Å²) in [6.07, 6.45) is -0.550. The maximum Gasteiger partial charge on any atom is 0.431 e. The predicted molar refractivity (Wildman–Crippen MR) is 55.9 cm³/mol. The molecule has 1 rings (SSSR count). The topological polar surface area (TPSA) is 54.3 Å². The summed E-state index contributed by atoms with van der Waals surface area (Å²) >= 11 is 0. The van der Waals surface area contributed by atoms with Gasteiger partial charge in [0.2, 0.25) is 0 Å². The van der Waals surface area contributed by atoms with Gasteiger partial charge in [-0.25, -0.2) is 4.79 Å². The number of benzene rings is 1. The third-order valence-corrected chi connectivity index (χ3v) is 1.77. The summed E-state index contributed by atoms with van der Waals surface area (Å²) in [5, 5.41) is 8.57. The van der Waals surface area contributed by atoms with E-state index in [0.29, 0.717) is 5.69 Å². The zero-order valence-electron chi connectivity index (χ0n) is 8.97. The minimum atomic E-state index is -0.550. The lowest BCUT2D eigenvalue weighted by atomic mass is 10.2. The van der Waals surface area contributed by atoms with E-state index in [1.54, 1.807) is 0 Å². The quantitative estimate of drug-likeness (QED) is 0.553. The van der Waals surface area contributed by atoms with Gasteiger partial charge in [0.25, 0.3) is 0 Å². The normalized spacial score (nSPS) is 10.3. The second-order valence-corrected chi connectivity index (χ2v) is 3.02. The average molecular weight is 207 g/mol. The first-order valence-corrected chi connectivity index (χ1v) is 4.43. The monoisotopic (exact) mass is 207 g/mol. The van der Waals surface area contributed by atoms with E-state index in [4.69, 9.17) is 0 Å². The van der Waals surface area contributed by atoms with E-state index in [-0.39, 0.29) is 0 Å². The maximum atomic E-state index is 10.9. The lowest BCUT2D eigenvalue weighted by Crippen LogP contribution is -2.19. The van der Waals surface area contributed by atoms with Gasteiger partial charge in [-0.15, -0.1) is 5.11 Å². The van der Waals surface area contributed by atoms with Crippen molar-refractivity contribution in [1.29, 1.82) is 0 Å². The van der Waals surface area contributed by atoms with Crippen LogP contribution in [0.5, 0.6) is 0 Å². The van der Waals surface area contributed by atoms with Gasteiger partial charge in [0.05, 0.1) is 12.8 Å². The van der Waals surface area contributed by atoms with Crippen LogP contribution in [0.15, 0.2) is 34.6 Å². The molecule has 0 aliphatic rings. The molecule has 0 aromatic heterocycles. The third-order valence-electron chi connectivity index (χ3n) is 1.77. The average Bonchev–Trinajstić information content (AvgIpc) is 2.26. The summed E-state index contributed by atoms with van der Waals surface area (Å²) < 4.78 is 4.45. The third kappa shape index (κ3) is 3.38. The number of methoxy groups -OCH3 is 1. The van der Waals surface area contributed by atoms with Crippen molar-refractivity contribution in [1.82, 2.24) is 5.01 Å². The lowest BCUT2D eigenvalue weighted by molar-refractivity contribution is 0.132. The Hall–Kier alpha value is -1.91. The number of aryl methyl sites for hydroxylation is 1. The van der Waals surface area contributed by atoms with Crippen LogP contribution in [-0.4, -0.2) is 25.3 Å². The molecule has 0 aliphatic carbocycles. The number of rotatable bonds is 2. The minimum absolute atomic E-state index is 0.550. The highest BCUT2D eigenvalue weighted by Crippen LogP contribution is 2.13. The van der Waals surface area contributed by atoms with E-state index in [1.807, 2.05) is 31.2 Å². The van der Waals surface area contributed by atoms with Crippen molar-refractivity contribution in [3.05, 3.63) is 29.8 Å². The second kappa shape index (κ2) is 5.09. The SMILES string of the molecule is COC(=O)N(C)/N=N/c1ccc(C)cc1. The van der Waals surface area contributed by atoms with Gasteiger partial charge in [0.15, 0.2) is 0 Å². The van der Waals surface area contributed by atoms with Gasteiger partial charge < -0.3 is 4.74 Å². The molecule has 1 aromatic carbocycles. The van der Waals surface area contributed by atoms with Crippen molar-refractivity contribution >= 4 is 11.8 Å². The first-order valence-electron chi connectivity index (χ1n) is 4.43. The molecule has 0 N–H and O–H groups in total. The zero-order chi connectivity index (χ0) is 11.3. The van der Waals surface area contributed by atoms with Gasteiger partial charge >= 0.3 is 6.09 Å². The van der Waals surface area contributed by atoms with E-state index in [2.05, 4.69) is 15.1 Å². The molecule has 0 radical (unpaired) electrons. The molecule has 0 bridgehead atoms. The maximum absolute atomic E-state index is 10.9. The molecule has 0 unspecified atom stereocenters. The van der Waals surface area contributed by atoms with Crippen LogP contribution in [0.1, 0.15) is 5.56 Å². The first kappa shape index (κ1) is 11.2. The minimum Gasteiger partial charge on any atom is -0.451 e. The number of ether oxygens (including phenoxy) is 1. The van der Waals surface area contributed by atoms with Crippen LogP contribution in [0.3, 0.4) is 0 Å². The summed E-state index contributed by atoms with van der Waals surface area (Å²) in [5.41, 5.74) is 1.84. The molecular weight excluding hydrogens is 194 g/mol. The Morgan fingerprint density at radius 2 is 1.93 bits per heavy atom. The molecular formula is C10H13N3O2. The number of hydrogen-bond donors (Lipinski definition) is 0. The van der Waals surface area contributed by atoms with Gasteiger partial charge in [-0.05, 0) is 19.1 Å². The molecule has 0 fully saturated rings. The highest BCUT2D eigenvalue weighted by atomic mass is 16.5. The fourth-order valence-electron chi connectivity index (χ4n) is 0.899. The Kier molecular flexibility index (Phi) is 3.79. The van der Waals surface area contributed by atoms with E-state index >= 15 is 0 Å². The van der Waals surface area contributed by atoms with E-state index in [1.165, 1.54) is 14.2 Å². The molecule has 5 nitrogen and oxygen atoms in total. The van der Waals surface area contributed by atoms with Crippen molar-refractivity contribution in [3.63, 3.8) is 0 Å². The summed E-state index contributed by atoms with van der Waals surface area (Å²) in [6.45, 7) is 1.99. The molecule has 0 heterocycles. The molecule has 5 heteroatoms. The number of nitrogens with zero attached hydrogens (tertiary/aromatic N) is 3. The summed E-state index contributed by atoms with van der Waals surface area (Å²) in [6, 6.07) is 7.49. The largest absolute Gasteiger partial charge is 0.451 e. The number of carbonyl (C=O) groups is 1. The van der Waals surface area contributed by atoms with E-state index in [0.717, 1.165) is 10.6 Å². The summed E-state index contributed by atoms with van der Waals surface area (Å²) in [4.78, 5) is 10.9. The van der Waals surface area contributed by atoms with Crippen LogP contribution in [0.2, 0.25) is 0 Å². The smallest absolute Gasteiger partial charge is 0.431 e. The fraction of sp³-hybridized carbons (Fsp3) is 0.300. The van der Waals surface area contributed by atoms with E-state index in [9.17, 15) is 4.79 Å². The van der Waals surface area contributed by atoms with Gasteiger partial charge in [0.1, 0.15) is 0 Å². The van der Waals surface area contributed by atoms with Crippen LogP contribution in [-0.2, 0) is 4.74 Å². The molecule has 0 atom stereocenters. The molecule has 0 saturated carbocycles. The lowest BCUT2D eigenvalue weighted by Gasteiger charge is -2.06.